The van der Waals surface area contributed by atoms with Crippen molar-refractivity contribution in [3.63, 3.8) is 0 Å². The number of aryl methyl sites for hydroxylation is 1. The summed E-state index contributed by atoms with van der Waals surface area (Å²) in [5, 5.41) is 0. The molecule has 1 aliphatic heterocycles. The molecular weight excluding hydrogens is 454 g/mol. The molecule has 4 aromatic rings. The second-order valence-corrected chi connectivity index (χ2v) is 8.72. The minimum absolute atomic E-state index is 0.162. The number of ether oxygens (including phenoxy) is 3. The lowest BCUT2D eigenvalue weighted by Gasteiger charge is -2.28. The van der Waals surface area contributed by atoms with Crippen LogP contribution in [0.2, 0.25) is 0 Å². The lowest BCUT2D eigenvalue weighted by atomic mass is 9.88. The zero-order valence-corrected chi connectivity index (χ0v) is 20.5. The molecule has 6 nitrogen and oxygen atoms in total. The molecule has 0 fully saturated rings. The van der Waals surface area contributed by atoms with Crippen LogP contribution in [0.1, 0.15) is 23.6 Å². The second-order valence-electron chi connectivity index (χ2n) is 8.72. The highest BCUT2D eigenvalue weighted by atomic mass is 16.5. The third-order valence-corrected chi connectivity index (χ3v) is 6.51. The fourth-order valence-electron chi connectivity index (χ4n) is 4.91. The Bertz CT molecular complexity index is 1490. The Morgan fingerprint density at radius 2 is 1.56 bits per heavy atom. The smallest absolute Gasteiger partial charge is 0.308 e. The van der Waals surface area contributed by atoms with Crippen molar-refractivity contribution < 1.29 is 19.0 Å². The van der Waals surface area contributed by atoms with E-state index in [0.717, 1.165) is 22.3 Å². The van der Waals surface area contributed by atoms with Gasteiger partial charge in [0.25, 0.3) is 5.56 Å². The minimum Gasteiger partial charge on any atom is -0.493 e. The number of methoxy groups -OCH3 is 2. The molecule has 182 valence electrons. The van der Waals surface area contributed by atoms with Gasteiger partial charge in [-0.1, -0.05) is 60.7 Å². The molecule has 0 saturated carbocycles. The number of fused-ring (bicyclic) bond motifs is 3. The summed E-state index contributed by atoms with van der Waals surface area (Å²) in [4.78, 5) is 26.3. The number of carbonyl (C=O) groups is 1. The Kier molecular flexibility index (Phi) is 6.34. The molecule has 0 atom stereocenters. The van der Waals surface area contributed by atoms with Gasteiger partial charge in [0.15, 0.2) is 11.5 Å². The molecule has 3 aromatic carbocycles. The van der Waals surface area contributed by atoms with Crippen LogP contribution in [0.25, 0.3) is 22.4 Å². The van der Waals surface area contributed by atoms with Gasteiger partial charge in [-0.25, -0.2) is 0 Å². The Hall–Kier alpha value is -4.32. The number of rotatable bonds is 6. The Morgan fingerprint density at radius 1 is 0.917 bits per heavy atom. The van der Waals surface area contributed by atoms with E-state index in [-0.39, 0.29) is 5.56 Å². The summed E-state index contributed by atoms with van der Waals surface area (Å²) in [6.07, 6.45) is 1.01. The summed E-state index contributed by atoms with van der Waals surface area (Å²) in [7, 11) is 3.20. The van der Waals surface area contributed by atoms with Crippen LogP contribution < -0.4 is 19.8 Å². The van der Waals surface area contributed by atoms with Gasteiger partial charge in [-0.15, -0.1) is 0 Å². The molecule has 6 heteroatoms. The first-order valence-corrected chi connectivity index (χ1v) is 11.8. The van der Waals surface area contributed by atoms with Gasteiger partial charge in [0, 0.05) is 31.0 Å². The predicted octanol–water partition coefficient (Wildman–Crippen LogP) is 5.27. The Labute approximate surface area is 209 Å². The largest absolute Gasteiger partial charge is 0.493 e. The summed E-state index contributed by atoms with van der Waals surface area (Å²) in [6.45, 7) is 1.86. The third-order valence-electron chi connectivity index (χ3n) is 6.51. The van der Waals surface area contributed by atoms with Gasteiger partial charge in [0.05, 0.1) is 25.5 Å². The molecule has 0 unspecified atom stereocenters. The van der Waals surface area contributed by atoms with E-state index in [2.05, 4.69) is 0 Å². The maximum absolute atomic E-state index is 14.0. The van der Waals surface area contributed by atoms with E-state index in [1.807, 2.05) is 77.4 Å². The number of aromatic nitrogens is 1. The van der Waals surface area contributed by atoms with Crippen LogP contribution in [0.3, 0.4) is 0 Å². The van der Waals surface area contributed by atoms with Crippen molar-refractivity contribution in [2.45, 2.75) is 26.3 Å². The topological polar surface area (TPSA) is 66.8 Å². The van der Waals surface area contributed by atoms with Crippen LogP contribution in [0.15, 0.2) is 77.6 Å². The minimum atomic E-state index is -0.478. The Balaban J connectivity index is 1.88. The summed E-state index contributed by atoms with van der Waals surface area (Å²) in [6, 6.07) is 23.3. The van der Waals surface area contributed by atoms with Crippen molar-refractivity contribution in [1.29, 1.82) is 0 Å². The maximum atomic E-state index is 14.0. The van der Waals surface area contributed by atoms with Crippen molar-refractivity contribution in [1.82, 2.24) is 4.57 Å². The van der Waals surface area contributed by atoms with Crippen LogP contribution in [-0.4, -0.2) is 24.8 Å². The van der Waals surface area contributed by atoms with Crippen LogP contribution in [0.5, 0.6) is 17.2 Å². The molecule has 2 heterocycles. The van der Waals surface area contributed by atoms with Crippen molar-refractivity contribution in [3.05, 3.63) is 99.8 Å². The van der Waals surface area contributed by atoms with Gasteiger partial charge >= 0.3 is 5.97 Å². The SMILES string of the molecule is COc1cc2c(cc1OC)-c1c(-c3ccccc3)c(OC(C)=O)c(Cc3ccccc3)c(=O)n1CC2. The van der Waals surface area contributed by atoms with E-state index in [0.29, 0.717) is 53.5 Å². The molecule has 1 aliphatic rings. The molecule has 0 N–H and O–H groups in total. The average Bonchev–Trinajstić information content (AvgIpc) is 2.90. The molecule has 0 spiro atoms. The molecule has 0 aliphatic carbocycles. The third kappa shape index (κ3) is 4.15. The van der Waals surface area contributed by atoms with Crippen LogP contribution in [0.4, 0.5) is 0 Å². The first-order chi connectivity index (χ1) is 17.5. The molecule has 0 amide bonds. The van der Waals surface area contributed by atoms with Gasteiger partial charge in [-0.2, -0.15) is 0 Å². The van der Waals surface area contributed by atoms with Crippen molar-refractivity contribution >= 4 is 5.97 Å². The molecule has 0 bridgehead atoms. The van der Waals surface area contributed by atoms with Crippen molar-refractivity contribution in [3.8, 4) is 39.6 Å². The molecule has 0 radical (unpaired) electrons. The van der Waals surface area contributed by atoms with E-state index in [9.17, 15) is 9.59 Å². The quantitative estimate of drug-likeness (QED) is 0.351. The van der Waals surface area contributed by atoms with Crippen molar-refractivity contribution in [2.75, 3.05) is 14.2 Å². The number of hydrogen-bond donors (Lipinski definition) is 0. The van der Waals surface area contributed by atoms with E-state index >= 15 is 0 Å². The summed E-state index contributed by atoms with van der Waals surface area (Å²) in [5.74, 6) is 1.03. The Morgan fingerprint density at radius 3 is 2.19 bits per heavy atom. The van der Waals surface area contributed by atoms with Gasteiger partial charge in [-0.3, -0.25) is 9.59 Å². The van der Waals surface area contributed by atoms with E-state index in [1.54, 1.807) is 14.2 Å². The van der Waals surface area contributed by atoms with Gasteiger partial charge in [-0.05, 0) is 35.2 Å². The number of pyridine rings is 1. The molecule has 36 heavy (non-hydrogen) atoms. The summed E-state index contributed by atoms with van der Waals surface area (Å²) >= 11 is 0. The van der Waals surface area contributed by atoms with E-state index in [1.165, 1.54) is 6.92 Å². The number of nitrogens with zero attached hydrogens (tertiary/aromatic N) is 1. The lowest BCUT2D eigenvalue weighted by Crippen LogP contribution is -2.31. The number of carbonyl (C=O) groups excluding carboxylic acids is 1. The van der Waals surface area contributed by atoms with Crippen LogP contribution >= 0.6 is 0 Å². The normalized spacial score (nSPS) is 11.9. The molecule has 0 saturated heterocycles. The average molecular weight is 482 g/mol. The monoisotopic (exact) mass is 481 g/mol. The van der Waals surface area contributed by atoms with Gasteiger partial charge < -0.3 is 18.8 Å². The molecule has 1 aromatic heterocycles. The predicted molar refractivity (Wildman–Crippen MR) is 139 cm³/mol. The van der Waals surface area contributed by atoms with Gasteiger partial charge in [0.2, 0.25) is 0 Å². The highest BCUT2D eigenvalue weighted by molar-refractivity contribution is 5.90. The number of benzene rings is 3. The zero-order valence-electron chi connectivity index (χ0n) is 20.5. The molecular formula is C30H27NO5. The fraction of sp³-hybridized carbons (Fsp3) is 0.200. The fourth-order valence-corrected chi connectivity index (χ4v) is 4.91. The zero-order chi connectivity index (χ0) is 25.2. The van der Waals surface area contributed by atoms with E-state index < -0.39 is 5.97 Å². The summed E-state index contributed by atoms with van der Waals surface area (Å²) < 4.78 is 18.8. The first kappa shape index (κ1) is 23.4. The van der Waals surface area contributed by atoms with Crippen LogP contribution in [-0.2, 0) is 24.2 Å². The number of hydrogen-bond acceptors (Lipinski definition) is 5. The number of esters is 1. The summed E-state index contributed by atoms with van der Waals surface area (Å²) in [5.41, 5.74) is 5.43. The highest BCUT2D eigenvalue weighted by Gasteiger charge is 2.30. The standard InChI is InChI=1S/C30H27NO5/c1-19(32)36-29-24(16-20-10-6-4-7-11-20)30(33)31-15-14-22-17-25(34-2)26(35-3)18-23(22)28(31)27(29)21-12-8-5-9-13-21/h4-13,17-18H,14-16H2,1-3H3. The van der Waals surface area contributed by atoms with Crippen molar-refractivity contribution in [2.24, 2.45) is 0 Å². The maximum Gasteiger partial charge on any atom is 0.308 e. The van der Waals surface area contributed by atoms with Crippen LogP contribution in [0, 0.1) is 0 Å². The second kappa shape index (κ2) is 9.74. The lowest BCUT2D eigenvalue weighted by molar-refractivity contribution is -0.131. The first-order valence-electron chi connectivity index (χ1n) is 11.8. The molecule has 5 rings (SSSR count). The highest BCUT2D eigenvalue weighted by Crippen LogP contribution is 2.46. The van der Waals surface area contributed by atoms with E-state index in [4.69, 9.17) is 14.2 Å². The van der Waals surface area contributed by atoms with Gasteiger partial charge in [0.1, 0.15) is 5.75 Å².